The summed E-state index contributed by atoms with van der Waals surface area (Å²) in [5.74, 6) is -0.352. The fourth-order valence-electron chi connectivity index (χ4n) is 1.86. The number of nitrogens with one attached hydrogen (secondary N) is 1. The second kappa shape index (κ2) is 8.10. The molecule has 5 heteroatoms. The Labute approximate surface area is 132 Å². The van der Waals surface area contributed by atoms with Crippen molar-refractivity contribution in [3.8, 4) is 5.88 Å². The summed E-state index contributed by atoms with van der Waals surface area (Å²) in [5, 5.41) is 3.17. The van der Waals surface area contributed by atoms with Gasteiger partial charge in [-0.05, 0) is 25.1 Å². The smallest absolute Gasteiger partial charge is 0.251 e. The minimum absolute atomic E-state index is 0.0431. The first-order chi connectivity index (χ1) is 10.2. The Bertz CT molecular complexity index is 592. The molecule has 0 saturated heterocycles. The maximum atomic E-state index is 14.3. The number of pyridine rings is 1. The third-order valence-corrected chi connectivity index (χ3v) is 3.78. The lowest BCUT2D eigenvalue weighted by Crippen LogP contribution is -2.15. The fraction of sp³-hybridized carbons (Fsp3) is 0.312. The van der Waals surface area contributed by atoms with Crippen molar-refractivity contribution < 1.29 is 9.13 Å². The minimum Gasteiger partial charge on any atom is -0.471 e. The van der Waals surface area contributed by atoms with E-state index in [2.05, 4.69) is 33.2 Å². The quantitative estimate of drug-likeness (QED) is 0.763. The van der Waals surface area contributed by atoms with E-state index in [1.807, 2.05) is 24.3 Å². The Morgan fingerprint density at radius 2 is 2.05 bits per heavy atom. The van der Waals surface area contributed by atoms with Gasteiger partial charge in [-0.15, -0.1) is 0 Å². The summed E-state index contributed by atoms with van der Waals surface area (Å²) in [6.07, 6.45) is 2.58. The Balaban J connectivity index is 2.03. The summed E-state index contributed by atoms with van der Waals surface area (Å²) in [5.41, 5.74) is 1.52. The molecule has 0 aliphatic carbocycles. The van der Waals surface area contributed by atoms with Gasteiger partial charge < -0.3 is 10.1 Å². The molecule has 0 bridgehead atoms. The monoisotopic (exact) mass is 352 g/mol. The number of halogens is 2. The topological polar surface area (TPSA) is 34.2 Å². The van der Waals surface area contributed by atoms with Gasteiger partial charge in [-0.3, -0.25) is 0 Å². The average molecular weight is 353 g/mol. The number of aromatic nitrogens is 1. The van der Waals surface area contributed by atoms with Crippen molar-refractivity contribution in [1.29, 1.82) is 0 Å². The van der Waals surface area contributed by atoms with Gasteiger partial charge in [0.15, 0.2) is 5.82 Å². The molecule has 0 aliphatic heterocycles. The highest BCUT2D eigenvalue weighted by molar-refractivity contribution is 9.10. The van der Waals surface area contributed by atoms with Crippen molar-refractivity contribution in [2.75, 3.05) is 6.54 Å². The predicted octanol–water partition coefficient (Wildman–Crippen LogP) is 4.06. The van der Waals surface area contributed by atoms with Gasteiger partial charge in [-0.1, -0.05) is 41.1 Å². The molecule has 1 N–H and O–H groups in total. The van der Waals surface area contributed by atoms with Crippen LogP contribution in [0.25, 0.3) is 0 Å². The van der Waals surface area contributed by atoms with E-state index in [1.54, 1.807) is 12.3 Å². The first-order valence-corrected chi connectivity index (χ1v) is 7.72. The van der Waals surface area contributed by atoms with Crippen LogP contribution in [0.1, 0.15) is 24.5 Å². The molecule has 0 fully saturated rings. The van der Waals surface area contributed by atoms with Crippen LogP contribution in [0.2, 0.25) is 0 Å². The van der Waals surface area contributed by atoms with E-state index in [9.17, 15) is 4.39 Å². The molecule has 1 aromatic carbocycles. The van der Waals surface area contributed by atoms with Gasteiger partial charge in [0.2, 0.25) is 0 Å². The van der Waals surface area contributed by atoms with Gasteiger partial charge in [0.1, 0.15) is 6.61 Å². The summed E-state index contributed by atoms with van der Waals surface area (Å²) in [7, 11) is 0. The number of rotatable bonds is 7. The third-order valence-electron chi connectivity index (χ3n) is 3.00. The zero-order chi connectivity index (χ0) is 15.1. The molecule has 3 nitrogen and oxygen atoms in total. The number of hydrogen-bond acceptors (Lipinski definition) is 3. The van der Waals surface area contributed by atoms with Crippen molar-refractivity contribution >= 4 is 15.9 Å². The zero-order valence-corrected chi connectivity index (χ0v) is 13.5. The normalized spacial score (nSPS) is 10.6. The van der Waals surface area contributed by atoms with Gasteiger partial charge in [-0.2, -0.15) is 0 Å². The van der Waals surface area contributed by atoms with Crippen molar-refractivity contribution in [1.82, 2.24) is 10.3 Å². The van der Waals surface area contributed by atoms with Crippen LogP contribution in [0.15, 0.2) is 41.0 Å². The van der Waals surface area contributed by atoms with E-state index in [1.165, 1.54) is 0 Å². The van der Waals surface area contributed by atoms with Crippen LogP contribution in [0, 0.1) is 5.82 Å². The maximum Gasteiger partial charge on any atom is 0.251 e. The second-order valence-electron chi connectivity index (χ2n) is 4.65. The van der Waals surface area contributed by atoms with E-state index in [4.69, 9.17) is 4.74 Å². The number of hydrogen-bond donors (Lipinski definition) is 1. The highest BCUT2D eigenvalue weighted by atomic mass is 79.9. The largest absolute Gasteiger partial charge is 0.471 e. The number of ether oxygens (including phenoxy) is 1. The highest BCUT2D eigenvalue weighted by Gasteiger charge is 2.11. The molecular weight excluding hydrogens is 335 g/mol. The lowest BCUT2D eigenvalue weighted by atomic mass is 10.2. The summed E-state index contributed by atoms with van der Waals surface area (Å²) >= 11 is 3.44. The van der Waals surface area contributed by atoms with Gasteiger partial charge >= 0.3 is 0 Å². The average Bonchev–Trinajstić information content (AvgIpc) is 2.49. The SMILES string of the molecule is CCCNCc1ccnc(OCc2ccccc2Br)c1F. The standard InChI is InChI=1S/C16H18BrFN2O/c1-2-8-19-10-12-7-9-20-16(15(12)18)21-11-13-5-3-4-6-14(13)17/h3-7,9,19H,2,8,10-11H2,1H3. The Morgan fingerprint density at radius 1 is 1.24 bits per heavy atom. The number of benzene rings is 1. The predicted molar refractivity (Wildman–Crippen MR) is 84.7 cm³/mol. The summed E-state index contributed by atoms with van der Waals surface area (Å²) in [6.45, 7) is 3.68. The van der Waals surface area contributed by atoms with Crippen LogP contribution in [-0.2, 0) is 13.2 Å². The Kier molecular flexibility index (Phi) is 6.14. The van der Waals surface area contributed by atoms with E-state index in [-0.39, 0.29) is 12.5 Å². The van der Waals surface area contributed by atoms with E-state index >= 15 is 0 Å². The van der Waals surface area contributed by atoms with Crippen LogP contribution in [0.3, 0.4) is 0 Å². The third kappa shape index (κ3) is 4.51. The molecule has 0 aliphatic rings. The minimum atomic E-state index is -0.395. The Morgan fingerprint density at radius 3 is 2.81 bits per heavy atom. The molecule has 2 aromatic rings. The van der Waals surface area contributed by atoms with Crippen LogP contribution < -0.4 is 10.1 Å². The molecule has 21 heavy (non-hydrogen) atoms. The molecule has 0 spiro atoms. The molecule has 0 amide bonds. The highest BCUT2D eigenvalue weighted by Crippen LogP contribution is 2.21. The van der Waals surface area contributed by atoms with Crippen molar-refractivity contribution in [2.45, 2.75) is 26.5 Å². The summed E-state index contributed by atoms with van der Waals surface area (Å²) in [4.78, 5) is 3.97. The van der Waals surface area contributed by atoms with Gasteiger partial charge in [0.05, 0.1) is 0 Å². The van der Waals surface area contributed by atoms with Crippen molar-refractivity contribution in [3.63, 3.8) is 0 Å². The lowest BCUT2D eigenvalue weighted by Gasteiger charge is -2.10. The van der Waals surface area contributed by atoms with Crippen molar-refractivity contribution in [3.05, 3.63) is 57.9 Å². The van der Waals surface area contributed by atoms with Gasteiger partial charge in [0, 0.05) is 28.3 Å². The molecule has 0 atom stereocenters. The number of nitrogens with zero attached hydrogens (tertiary/aromatic N) is 1. The summed E-state index contributed by atoms with van der Waals surface area (Å²) < 4.78 is 20.7. The van der Waals surface area contributed by atoms with Gasteiger partial charge in [0.25, 0.3) is 5.88 Å². The molecule has 0 radical (unpaired) electrons. The molecule has 1 heterocycles. The molecule has 2 rings (SSSR count). The molecule has 1 aromatic heterocycles. The van der Waals surface area contributed by atoms with Crippen LogP contribution in [0.5, 0.6) is 5.88 Å². The van der Waals surface area contributed by atoms with E-state index < -0.39 is 5.82 Å². The first kappa shape index (κ1) is 15.9. The molecule has 0 saturated carbocycles. The van der Waals surface area contributed by atoms with Crippen LogP contribution >= 0.6 is 15.9 Å². The lowest BCUT2D eigenvalue weighted by molar-refractivity contribution is 0.275. The van der Waals surface area contributed by atoms with Gasteiger partial charge in [-0.25, -0.2) is 9.37 Å². The van der Waals surface area contributed by atoms with Crippen LogP contribution in [-0.4, -0.2) is 11.5 Å². The molecular formula is C16H18BrFN2O. The first-order valence-electron chi connectivity index (χ1n) is 6.92. The maximum absolute atomic E-state index is 14.3. The van der Waals surface area contributed by atoms with E-state index in [0.29, 0.717) is 12.1 Å². The zero-order valence-electron chi connectivity index (χ0n) is 11.9. The van der Waals surface area contributed by atoms with Crippen molar-refractivity contribution in [2.24, 2.45) is 0 Å². The second-order valence-corrected chi connectivity index (χ2v) is 5.50. The van der Waals surface area contributed by atoms with E-state index in [0.717, 1.165) is 23.0 Å². The molecule has 112 valence electrons. The van der Waals surface area contributed by atoms with Crippen LogP contribution in [0.4, 0.5) is 4.39 Å². The fourth-order valence-corrected chi connectivity index (χ4v) is 2.26. The summed E-state index contributed by atoms with van der Waals surface area (Å²) in [6, 6.07) is 9.36. The molecule has 0 unspecified atom stereocenters. The Hall–Kier alpha value is -1.46.